The summed E-state index contributed by atoms with van der Waals surface area (Å²) in [5.41, 5.74) is 1.37. The Morgan fingerprint density at radius 3 is 2.53 bits per heavy atom. The highest BCUT2D eigenvalue weighted by molar-refractivity contribution is 7.82. The Labute approximate surface area is 184 Å². The van der Waals surface area contributed by atoms with Gasteiger partial charge in [0.25, 0.3) is 0 Å². The van der Waals surface area contributed by atoms with E-state index >= 15 is 0 Å². The SMILES string of the molecule is O=C(COCc1cc(S(=O)N2CCCCC2)ccc1Cl)c1ccc2ccccc2c1. The molecule has 0 saturated carbocycles. The van der Waals surface area contributed by atoms with Gasteiger partial charge in [-0.1, -0.05) is 54.4 Å². The third-order valence-electron chi connectivity index (χ3n) is 5.33. The first-order chi connectivity index (χ1) is 14.6. The monoisotopic (exact) mass is 441 g/mol. The molecule has 0 aliphatic carbocycles. The van der Waals surface area contributed by atoms with Gasteiger partial charge in [0.15, 0.2) is 5.78 Å². The van der Waals surface area contributed by atoms with Crippen LogP contribution in [0, 0.1) is 0 Å². The third-order valence-corrected chi connectivity index (χ3v) is 7.19. The second-order valence-corrected chi connectivity index (χ2v) is 9.36. The average molecular weight is 442 g/mol. The fraction of sp³-hybridized carbons (Fsp3) is 0.292. The second-order valence-electron chi connectivity index (χ2n) is 7.47. The normalized spacial score (nSPS) is 15.9. The van der Waals surface area contributed by atoms with Gasteiger partial charge in [-0.3, -0.25) is 4.79 Å². The summed E-state index contributed by atoms with van der Waals surface area (Å²) in [4.78, 5) is 13.3. The Morgan fingerprint density at radius 2 is 1.73 bits per heavy atom. The summed E-state index contributed by atoms with van der Waals surface area (Å²) in [5, 5.41) is 2.67. The predicted molar refractivity (Wildman–Crippen MR) is 121 cm³/mol. The number of carbonyl (C=O) groups is 1. The van der Waals surface area contributed by atoms with E-state index < -0.39 is 11.0 Å². The lowest BCUT2D eigenvalue weighted by molar-refractivity contribution is 0.0726. The fourth-order valence-corrected chi connectivity index (χ4v) is 5.14. The van der Waals surface area contributed by atoms with Gasteiger partial charge in [-0.2, -0.15) is 0 Å². The first-order valence-corrected chi connectivity index (χ1v) is 11.7. The standard InChI is InChI=1S/C24H24ClNO3S/c25-23-11-10-22(30(28)26-12-4-1-5-13-26)15-21(23)16-29-17-24(27)20-9-8-18-6-2-3-7-19(18)14-20/h2-3,6-11,14-15H,1,4-5,12-13,16-17H2. The number of rotatable bonds is 7. The van der Waals surface area contributed by atoms with E-state index in [-0.39, 0.29) is 19.0 Å². The number of halogens is 1. The average Bonchev–Trinajstić information content (AvgIpc) is 2.80. The number of carbonyl (C=O) groups excluding carboxylic acids is 1. The first-order valence-electron chi connectivity index (χ1n) is 10.2. The minimum atomic E-state index is -1.19. The molecule has 0 amide bonds. The molecule has 0 N–H and O–H groups in total. The molecule has 0 bridgehead atoms. The van der Waals surface area contributed by atoms with Gasteiger partial charge >= 0.3 is 0 Å². The summed E-state index contributed by atoms with van der Waals surface area (Å²) in [6.07, 6.45) is 3.34. The van der Waals surface area contributed by atoms with Gasteiger partial charge in [0.05, 0.1) is 11.5 Å². The van der Waals surface area contributed by atoms with E-state index in [9.17, 15) is 9.00 Å². The number of ketones is 1. The molecule has 1 unspecified atom stereocenters. The zero-order valence-corrected chi connectivity index (χ0v) is 18.3. The number of piperidine rings is 1. The van der Waals surface area contributed by atoms with Crippen LogP contribution in [0.2, 0.25) is 5.02 Å². The van der Waals surface area contributed by atoms with E-state index in [0.29, 0.717) is 10.6 Å². The van der Waals surface area contributed by atoms with Crippen molar-refractivity contribution in [2.45, 2.75) is 30.8 Å². The maximum absolute atomic E-state index is 12.8. The molecule has 156 valence electrons. The van der Waals surface area contributed by atoms with Gasteiger partial charge < -0.3 is 4.74 Å². The van der Waals surface area contributed by atoms with Crippen LogP contribution < -0.4 is 0 Å². The topological polar surface area (TPSA) is 46.6 Å². The third kappa shape index (κ3) is 4.98. The summed E-state index contributed by atoms with van der Waals surface area (Å²) >= 11 is 6.31. The van der Waals surface area contributed by atoms with Gasteiger partial charge in [-0.25, -0.2) is 8.51 Å². The van der Waals surface area contributed by atoms with Crippen LogP contribution in [0.5, 0.6) is 0 Å². The van der Waals surface area contributed by atoms with Crippen LogP contribution in [0.25, 0.3) is 10.8 Å². The van der Waals surface area contributed by atoms with Gasteiger partial charge in [0, 0.05) is 23.7 Å². The molecule has 0 spiro atoms. The molecule has 30 heavy (non-hydrogen) atoms. The van der Waals surface area contributed by atoms with Crippen LogP contribution in [0.1, 0.15) is 35.2 Å². The molecule has 0 aromatic heterocycles. The second kappa shape index (κ2) is 9.84. The number of fused-ring (bicyclic) bond motifs is 1. The van der Waals surface area contributed by atoms with Crippen LogP contribution in [-0.4, -0.2) is 34.0 Å². The van der Waals surface area contributed by atoms with Gasteiger partial charge in [0.1, 0.15) is 17.6 Å². The molecule has 0 radical (unpaired) electrons. The zero-order valence-electron chi connectivity index (χ0n) is 16.7. The minimum absolute atomic E-state index is 0.0336. The smallest absolute Gasteiger partial charge is 0.188 e. The Balaban J connectivity index is 1.39. The highest BCUT2D eigenvalue weighted by Gasteiger charge is 2.19. The Bertz CT molecular complexity index is 1080. The van der Waals surface area contributed by atoms with Crippen molar-refractivity contribution in [2.24, 2.45) is 0 Å². The van der Waals surface area contributed by atoms with Gasteiger partial charge in [-0.15, -0.1) is 0 Å². The number of nitrogens with zero attached hydrogens (tertiary/aromatic N) is 1. The number of benzene rings is 3. The molecule has 1 heterocycles. The number of Topliss-reactive ketones (excluding diaryl/α,β-unsaturated/α-hetero) is 1. The summed E-state index contributed by atoms with van der Waals surface area (Å²) < 4.78 is 20.5. The number of hydrogen-bond acceptors (Lipinski definition) is 3. The maximum atomic E-state index is 12.8. The molecular weight excluding hydrogens is 418 g/mol. The summed E-state index contributed by atoms with van der Waals surface area (Å²) in [5.74, 6) is -0.0788. The van der Waals surface area contributed by atoms with E-state index in [1.807, 2.05) is 52.8 Å². The lowest BCUT2D eigenvalue weighted by Crippen LogP contribution is -2.31. The molecule has 1 atom stereocenters. The largest absolute Gasteiger partial charge is 0.369 e. The van der Waals surface area contributed by atoms with Crippen molar-refractivity contribution in [3.8, 4) is 0 Å². The van der Waals surface area contributed by atoms with Crippen molar-refractivity contribution in [3.63, 3.8) is 0 Å². The lowest BCUT2D eigenvalue weighted by atomic mass is 10.0. The molecule has 1 aliphatic heterocycles. The Morgan fingerprint density at radius 1 is 0.967 bits per heavy atom. The van der Waals surface area contributed by atoms with Crippen molar-refractivity contribution in [2.75, 3.05) is 19.7 Å². The zero-order chi connectivity index (χ0) is 20.9. The molecule has 1 saturated heterocycles. The van der Waals surface area contributed by atoms with Crippen molar-refractivity contribution >= 4 is 39.1 Å². The molecular formula is C24H24ClNO3S. The van der Waals surface area contributed by atoms with E-state index in [4.69, 9.17) is 16.3 Å². The van der Waals surface area contributed by atoms with Crippen molar-refractivity contribution in [1.82, 2.24) is 4.31 Å². The maximum Gasteiger partial charge on any atom is 0.188 e. The summed E-state index contributed by atoms with van der Waals surface area (Å²) in [6.45, 7) is 1.86. The molecule has 6 heteroatoms. The minimum Gasteiger partial charge on any atom is -0.369 e. The Hall–Kier alpha value is -2.05. The Kier molecular flexibility index (Phi) is 6.95. The predicted octanol–water partition coefficient (Wildman–Crippen LogP) is 5.40. The van der Waals surface area contributed by atoms with Crippen LogP contribution in [0.15, 0.2) is 65.6 Å². The van der Waals surface area contributed by atoms with Crippen LogP contribution >= 0.6 is 11.6 Å². The molecule has 1 aliphatic rings. The highest BCUT2D eigenvalue weighted by atomic mass is 35.5. The van der Waals surface area contributed by atoms with E-state index in [1.165, 1.54) is 6.42 Å². The van der Waals surface area contributed by atoms with E-state index in [0.717, 1.165) is 47.2 Å². The molecule has 3 aromatic carbocycles. The lowest BCUT2D eigenvalue weighted by Gasteiger charge is -2.25. The first kappa shape index (κ1) is 21.2. The van der Waals surface area contributed by atoms with Crippen molar-refractivity contribution in [3.05, 3.63) is 76.8 Å². The molecule has 4 nitrogen and oxygen atoms in total. The fourth-order valence-electron chi connectivity index (χ4n) is 3.65. The van der Waals surface area contributed by atoms with Crippen LogP contribution in [0.4, 0.5) is 0 Å². The van der Waals surface area contributed by atoms with E-state index in [2.05, 4.69) is 0 Å². The highest BCUT2D eigenvalue weighted by Crippen LogP contribution is 2.23. The molecule has 4 rings (SSSR count). The van der Waals surface area contributed by atoms with Gasteiger partial charge in [0.2, 0.25) is 0 Å². The van der Waals surface area contributed by atoms with Crippen LogP contribution in [-0.2, 0) is 22.3 Å². The van der Waals surface area contributed by atoms with Crippen molar-refractivity contribution < 1.29 is 13.7 Å². The molecule has 1 fully saturated rings. The number of hydrogen-bond donors (Lipinski definition) is 0. The van der Waals surface area contributed by atoms with Crippen LogP contribution in [0.3, 0.4) is 0 Å². The molecule has 3 aromatic rings. The van der Waals surface area contributed by atoms with E-state index in [1.54, 1.807) is 12.1 Å². The number of ether oxygens (including phenoxy) is 1. The summed E-state index contributed by atoms with van der Waals surface area (Å²) in [7, 11) is -1.19. The summed E-state index contributed by atoms with van der Waals surface area (Å²) in [6, 6.07) is 19.0. The van der Waals surface area contributed by atoms with Crippen molar-refractivity contribution in [1.29, 1.82) is 0 Å². The quantitative estimate of drug-likeness (QED) is 0.461. The van der Waals surface area contributed by atoms with Gasteiger partial charge in [-0.05, 0) is 53.4 Å².